The van der Waals surface area contributed by atoms with Crippen molar-refractivity contribution in [1.82, 2.24) is 15.4 Å². The Morgan fingerprint density at radius 1 is 1.10 bits per heavy atom. The monoisotopic (exact) mass is 401 g/mol. The lowest BCUT2D eigenvalue weighted by Crippen LogP contribution is -2.49. The van der Waals surface area contributed by atoms with Crippen molar-refractivity contribution in [2.45, 2.75) is 70.8 Å². The molecule has 4 rings (SSSR count). The molecule has 0 bridgehead atoms. The van der Waals surface area contributed by atoms with Gasteiger partial charge in [-0.3, -0.25) is 4.79 Å². The highest BCUT2D eigenvalue weighted by Crippen LogP contribution is 2.44. The molecule has 29 heavy (non-hydrogen) atoms. The van der Waals surface area contributed by atoms with E-state index < -0.39 is 11.7 Å². The van der Waals surface area contributed by atoms with Crippen molar-refractivity contribution in [3.05, 3.63) is 23.4 Å². The fourth-order valence-electron chi connectivity index (χ4n) is 3.16. The van der Waals surface area contributed by atoms with Crippen molar-refractivity contribution in [3.8, 4) is 5.88 Å². The molecule has 0 saturated heterocycles. The van der Waals surface area contributed by atoms with Gasteiger partial charge in [-0.2, -0.15) is 0 Å². The molecule has 0 spiro atoms. The Hall–Kier alpha value is -2.31. The summed E-state index contributed by atoms with van der Waals surface area (Å²) in [6, 6.07) is 3.71. The van der Waals surface area contributed by atoms with E-state index in [9.17, 15) is 9.59 Å². The van der Waals surface area contributed by atoms with E-state index in [4.69, 9.17) is 9.47 Å². The lowest BCUT2D eigenvalue weighted by Gasteiger charge is -2.26. The van der Waals surface area contributed by atoms with E-state index in [0.29, 0.717) is 36.8 Å². The molecule has 3 fully saturated rings. The first-order valence-corrected chi connectivity index (χ1v) is 10.7. The third-order valence-electron chi connectivity index (χ3n) is 5.29. The highest BCUT2D eigenvalue weighted by Gasteiger charge is 2.33. The number of hydrogen-bond acceptors (Lipinski definition) is 5. The van der Waals surface area contributed by atoms with E-state index in [1.54, 1.807) is 26.8 Å². The molecule has 1 aromatic rings. The number of amides is 2. The minimum atomic E-state index is -0.633. The minimum absolute atomic E-state index is 0.289. The zero-order valence-electron chi connectivity index (χ0n) is 17.6. The van der Waals surface area contributed by atoms with Gasteiger partial charge in [0.2, 0.25) is 5.88 Å². The highest BCUT2D eigenvalue weighted by atomic mass is 16.6. The third kappa shape index (κ3) is 5.84. The summed E-state index contributed by atoms with van der Waals surface area (Å²) in [4.78, 5) is 29.9. The number of nitrogens with zero attached hydrogens (tertiary/aromatic N) is 2. The van der Waals surface area contributed by atoms with Crippen LogP contribution in [0.4, 0.5) is 4.79 Å². The topological polar surface area (TPSA) is 80.8 Å². The van der Waals surface area contributed by atoms with Crippen LogP contribution in [0.25, 0.3) is 0 Å². The Balaban J connectivity index is 1.49. The predicted molar refractivity (Wildman–Crippen MR) is 108 cm³/mol. The molecule has 0 aliphatic heterocycles. The third-order valence-corrected chi connectivity index (χ3v) is 5.29. The number of pyridine rings is 1. The second-order valence-corrected chi connectivity index (χ2v) is 9.59. The molecular weight excluding hydrogens is 370 g/mol. The number of rotatable bonds is 7. The molecule has 7 heteroatoms. The van der Waals surface area contributed by atoms with Crippen LogP contribution in [0.15, 0.2) is 12.1 Å². The molecule has 0 aromatic carbocycles. The van der Waals surface area contributed by atoms with Gasteiger partial charge in [0.25, 0.3) is 5.91 Å². The smallest absolute Gasteiger partial charge is 0.426 e. The van der Waals surface area contributed by atoms with E-state index in [1.165, 1.54) is 17.9 Å². The second kappa shape index (κ2) is 7.84. The number of hydrogen-bond donors (Lipinski definition) is 1. The zero-order chi connectivity index (χ0) is 20.6. The van der Waals surface area contributed by atoms with E-state index >= 15 is 0 Å². The fourth-order valence-corrected chi connectivity index (χ4v) is 3.16. The predicted octanol–water partition coefficient (Wildman–Crippen LogP) is 4.04. The second-order valence-electron chi connectivity index (χ2n) is 9.59. The van der Waals surface area contributed by atoms with Crippen LogP contribution < -0.4 is 10.2 Å². The molecule has 0 unspecified atom stereocenters. The van der Waals surface area contributed by atoms with Crippen LogP contribution in [-0.2, 0) is 4.74 Å². The molecule has 7 nitrogen and oxygen atoms in total. The van der Waals surface area contributed by atoms with Crippen molar-refractivity contribution in [1.29, 1.82) is 0 Å². The summed E-state index contributed by atoms with van der Waals surface area (Å²) in [5.41, 5.74) is 3.36. The maximum absolute atomic E-state index is 13.1. The van der Waals surface area contributed by atoms with Crippen molar-refractivity contribution < 1.29 is 19.1 Å². The van der Waals surface area contributed by atoms with Crippen molar-refractivity contribution in [2.75, 3.05) is 13.2 Å². The van der Waals surface area contributed by atoms with Crippen LogP contribution in [-0.4, -0.2) is 40.7 Å². The normalized spacial score (nSPS) is 18.9. The first kappa shape index (κ1) is 20.0. The molecule has 0 radical (unpaired) electrons. The van der Waals surface area contributed by atoms with Crippen molar-refractivity contribution in [3.63, 3.8) is 0 Å². The Bertz CT molecular complexity index is 777. The van der Waals surface area contributed by atoms with Crippen LogP contribution in [0.1, 0.15) is 81.3 Å². The number of hydrazine groups is 1. The Labute approximate surface area is 172 Å². The summed E-state index contributed by atoms with van der Waals surface area (Å²) >= 11 is 0. The van der Waals surface area contributed by atoms with Crippen molar-refractivity contribution >= 4 is 12.0 Å². The Kier molecular flexibility index (Phi) is 5.40. The Morgan fingerprint density at radius 3 is 2.38 bits per heavy atom. The quantitative estimate of drug-likeness (QED) is 0.698. The first-order valence-electron chi connectivity index (χ1n) is 10.7. The van der Waals surface area contributed by atoms with Crippen LogP contribution in [0.3, 0.4) is 0 Å². The molecule has 1 aromatic heterocycles. The number of aromatic nitrogens is 1. The summed E-state index contributed by atoms with van der Waals surface area (Å²) in [5, 5.41) is 1.34. The number of ether oxygens (including phenoxy) is 2. The molecular formula is C22H31N3O4. The van der Waals surface area contributed by atoms with Gasteiger partial charge in [0.05, 0.1) is 6.61 Å². The first-order chi connectivity index (χ1) is 13.8. The van der Waals surface area contributed by atoms with Gasteiger partial charge in [0, 0.05) is 12.1 Å². The van der Waals surface area contributed by atoms with Crippen LogP contribution >= 0.6 is 0 Å². The van der Waals surface area contributed by atoms with Gasteiger partial charge in [-0.1, -0.05) is 6.07 Å². The van der Waals surface area contributed by atoms with Gasteiger partial charge in [-0.15, -0.1) is 0 Å². The van der Waals surface area contributed by atoms with E-state index in [1.807, 2.05) is 6.07 Å². The van der Waals surface area contributed by atoms with E-state index in [2.05, 4.69) is 10.4 Å². The molecule has 3 saturated carbocycles. The lowest BCUT2D eigenvalue weighted by atomic mass is 10.1. The van der Waals surface area contributed by atoms with E-state index in [0.717, 1.165) is 31.2 Å². The fraction of sp³-hybridized carbons (Fsp3) is 0.682. The van der Waals surface area contributed by atoms with E-state index in [-0.39, 0.29) is 11.6 Å². The maximum atomic E-state index is 13.1. The summed E-state index contributed by atoms with van der Waals surface area (Å²) in [7, 11) is 0. The zero-order valence-corrected chi connectivity index (χ0v) is 17.6. The average molecular weight is 402 g/mol. The summed E-state index contributed by atoms with van der Waals surface area (Å²) in [6.45, 7) is 6.50. The van der Waals surface area contributed by atoms with Gasteiger partial charge in [-0.25, -0.2) is 20.2 Å². The standard InChI is InChI=1S/C22H31N3O4/c1-22(2,3)29-21(27)24-25(12-14-4-5-14)20(26)18-11-10-17(16-8-9-16)19(23-18)28-13-15-6-7-15/h10-11,14-16H,4-9,12-13H2,1-3H3,(H,24,27). The average Bonchev–Trinajstić information content (AvgIpc) is 3.50. The van der Waals surface area contributed by atoms with Crippen molar-refractivity contribution in [2.24, 2.45) is 11.8 Å². The number of nitrogens with one attached hydrogen (secondary N) is 1. The van der Waals surface area contributed by atoms with Crippen LogP contribution in [0, 0.1) is 11.8 Å². The van der Waals surface area contributed by atoms with Gasteiger partial charge < -0.3 is 9.47 Å². The molecule has 1 N–H and O–H groups in total. The van der Waals surface area contributed by atoms with Crippen LogP contribution in [0.5, 0.6) is 5.88 Å². The van der Waals surface area contributed by atoms with Gasteiger partial charge in [0.1, 0.15) is 11.3 Å². The number of carbonyl (C=O) groups is 2. The molecule has 0 atom stereocenters. The molecule has 2 amide bonds. The molecule has 3 aliphatic rings. The maximum Gasteiger partial charge on any atom is 0.426 e. The highest BCUT2D eigenvalue weighted by molar-refractivity contribution is 5.93. The summed E-state index contributed by atoms with van der Waals surface area (Å²) < 4.78 is 11.3. The largest absolute Gasteiger partial charge is 0.477 e. The van der Waals surface area contributed by atoms with Crippen LogP contribution in [0.2, 0.25) is 0 Å². The number of carbonyl (C=O) groups excluding carboxylic acids is 2. The molecule has 3 aliphatic carbocycles. The summed E-state index contributed by atoms with van der Waals surface area (Å²) in [5.74, 6) is 1.76. The SMILES string of the molecule is CC(C)(C)OC(=O)NN(CC1CC1)C(=O)c1ccc(C2CC2)c(OCC2CC2)n1. The van der Waals surface area contributed by atoms with Gasteiger partial charge >= 0.3 is 6.09 Å². The summed E-state index contributed by atoms with van der Waals surface area (Å²) in [6.07, 6.45) is 6.17. The van der Waals surface area contributed by atoms with Gasteiger partial charge in [0.15, 0.2) is 0 Å². The minimum Gasteiger partial charge on any atom is -0.477 e. The molecule has 1 heterocycles. The lowest BCUT2D eigenvalue weighted by molar-refractivity contribution is 0.0285. The Morgan fingerprint density at radius 2 is 1.79 bits per heavy atom. The molecule has 158 valence electrons. The van der Waals surface area contributed by atoms with Gasteiger partial charge in [-0.05, 0) is 83.1 Å².